The minimum absolute atomic E-state index is 0.114. The summed E-state index contributed by atoms with van der Waals surface area (Å²) in [7, 11) is -3.95. The van der Waals surface area contributed by atoms with Crippen molar-refractivity contribution < 1.29 is 18.0 Å². The van der Waals surface area contributed by atoms with Gasteiger partial charge in [0.05, 0.1) is 10.5 Å². The van der Waals surface area contributed by atoms with E-state index in [4.69, 9.17) is 0 Å². The molecule has 0 atom stereocenters. The van der Waals surface area contributed by atoms with Gasteiger partial charge in [-0.3, -0.25) is 14.4 Å². The Bertz CT molecular complexity index is 1200. The Balaban J connectivity index is 1.87. The van der Waals surface area contributed by atoms with Gasteiger partial charge in [-0.25, -0.2) is 13.1 Å². The first-order valence-electron chi connectivity index (χ1n) is 7.83. The van der Waals surface area contributed by atoms with Crippen molar-refractivity contribution in [3.63, 3.8) is 0 Å². The lowest BCUT2D eigenvalue weighted by molar-refractivity contribution is -0.117. The quantitative estimate of drug-likeness (QED) is 0.629. The van der Waals surface area contributed by atoms with Gasteiger partial charge in [0, 0.05) is 29.6 Å². The summed E-state index contributed by atoms with van der Waals surface area (Å²) in [6, 6.07) is 13.4. The Labute approximate surface area is 154 Å². The molecule has 3 rings (SSSR count). The van der Waals surface area contributed by atoms with Crippen molar-refractivity contribution in [1.29, 1.82) is 0 Å². The molecule has 8 nitrogen and oxygen atoms in total. The van der Waals surface area contributed by atoms with Crippen LogP contribution in [0.4, 0.5) is 5.69 Å². The Morgan fingerprint density at radius 1 is 1.00 bits per heavy atom. The molecular weight excluding hydrogens is 370 g/mol. The van der Waals surface area contributed by atoms with Gasteiger partial charge in [-0.1, -0.05) is 18.2 Å². The van der Waals surface area contributed by atoms with Gasteiger partial charge in [-0.15, -0.1) is 0 Å². The summed E-state index contributed by atoms with van der Waals surface area (Å²) in [6.07, 6.45) is 0. The molecule has 1 heterocycles. The highest BCUT2D eigenvalue weighted by Gasteiger charge is 2.16. The van der Waals surface area contributed by atoms with E-state index < -0.39 is 27.4 Å². The van der Waals surface area contributed by atoms with Crippen LogP contribution in [0.25, 0.3) is 10.9 Å². The molecule has 27 heavy (non-hydrogen) atoms. The first-order chi connectivity index (χ1) is 12.8. The second kappa shape index (κ2) is 7.04. The van der Waals surface area contributed by atoms with Gasteiger partial charge in [0.25, 0.3) is 15.9 Å². The molecule has 0 fully saturated rings. The van der Waals surface area contributed by atoms with Gasteiger partial charge >= 0.3 is 0 Å². The number of carbonyl (C=O) groups excluding carboxylic acids is 2. The van der Waals surface area contributed by atoms with Gasteiger partial charge in [-0.2, -0.15) is 0 Å². The van der Waals surface area contributed by atoms with Crippen LogP contribution < -0.4 is 15.6 Å². The standard InChI is InChI=1S/C18H15N3O5S/c1-11(22)21-27(25,26)13-8-6-12(7-9-13)19-18(24)15-10-17(23)20-16-5-3-2-4-14(15)16/h2-10H,1H3,(H,19,24)(H,20,23)(H,21,22). The number of sulfonamides is 1. The summed E-state index contributed by atoms with van der Waals surface area (Å²) in [5.41, 5.74) is 0.665. The third kappa shape index (κ3) is 4.04. The van der Waals surface area contributed by atoms with Crippen LogP contribution in [-0.2, 0) is 14.8 Å². The molecule has 9 heteroatoms. The van der Waals surface area contributed by atoms with Crippen molar-refractivity contribution in [3.8, 4) is 0 Å². The smallest absolute Gasteiger partial charge is 0.264 e. The molecule has 2 amide bonds. The van der Waals surface area contributed by atoms with E-state index in [0.29, 0.717) is 16.6 Å². The molecule has 0 aliphatic heterocycles. The van der Waals surface area contributed by atoms with E-state index in [1.807, 2.05) is 4.72 Å². The third-order valence-electron chi connectivity index (χ3n) is 3.70. The molecule has 1 aromatic heterocycles. The molecule has 3 N–H and O–H groups in total. The molecule has 0 saturated carbocycles. The van der Waals surface area contributed by atoms with E-state index in [1.165, 1.54) is 30.3 Å². The van der Waals surface area contributed by atoms with Crippen LogP contribution in [0.2, 0.25) is 0 Å². The second-order valence-electron chi connectivity index (χ2n) is 5.73. The van der Waals surface area contributed by atoms with Crippen LogP contribution in [0.5, 0.6) is 0 Å². The number of carbonyl (C=O) groups is 2. The van der Waals surface area contributed by atoms with Crippen LogP contribution in [0, 0.1) is 0 Å². The van der Waals surface area contributed by atoms with Crippen molar-refractivity contribution >= 4 is 38.4 Å². The number of rotatable bonds is 4. The lowest BCUT2D eigenvalue weighted by Crippen LogP contribution is -2.28. The Morgan fingerprint density at radius 3 is 2.33 bits per heavy atom. The van der Waals surface area contributed by atoms with Gasteiger partial charge in [0.2, 0.25) is 11.5 Å². The van der Waals surface area contributed by atoms with Crippen molar-refractivity contribution in [1.82, 2.24) is 9.71 Å². The summed E-state index contributed by atoms with van der Waals surface area (Å²) < 4.78 is 25.7. The molecule has 0 bridgehead atoms. The molecule has 2 aromatic carbocycles. The number of H-pyrrole nitrogens is 1. The number of hydrogen-bond donors (Lipinski definition) is 3. The van der Waals surface area contributed by atoms with Crippen molar-refractivity contribution in [2.45, 2.75) is 11.8 Å². The Kier molecular flexibility index (Phi) is 4.78. The fourth-order valence-electron chi connectivity index (χ4n) is 2.56. The number of fused-ring (bicyclic) bond motifs is 1. The van der Waals surface area contributed by atoms with E-state index in [1.54, 1.807) is 24.3 Å². The van der Waals surface area contributed by atoms with E-state index in [2.05, 4.69) is 10.3 Å². The van der Waals surface area contributed by atoms with E-state index >= 15 is 0 Å². The minimum Gasteiger partial charge on any atom is -0.322 e. The topological polar surface area (TPSA) is 125 Å². The summed E-state index contributed by atoms with van der Waals surface area (Å²) in [4.78, 5) is 37.8. The van der Waals surface area contributed by atoms with Crippen molar-refractivity contribution in [2.24, 2.45) is 0 Å². The van der Waals surface area contributed by atoms with Gasteiger partial charge in [-0.05, 0) is 30.3 Å². The van der Waals surface area contributed by atoms with Crippen LogP contribution in [0.3, 0.4) is 0 Å². The predicted octanol–water partition coefficient (Wildman–Crippen LogP) is 1.61. The van der Waals surface area contributed by atoms with Crippen molar-refractivity contribution in [3.05, 3.63) is 70.5 Å². The molecule has 0 aliphatic carbocycles. The number of anilines is 1. The largest absolute Gasteiger partial charge is 0.322 e. The van der Waals surface area contributed by atoms with Crippen molar-refractivity contribution in [2.75, 3.05) is 5.32 Å². The molecule has 0 spiro atoms. The van der Waals surface area contributed by atoms with E-state index in [-0.39, 0.29) is 10.5 Å². The van der Waals surface area contributed by atoms with Crippen LogP contribution in [0.15, 0.2) is 64.3 Å². The molecule has 0 aliphatic rings. The number of pyridine rings is 1. The third-order valence-corrected chi connectivity index (χ3v) is 5.14. The maximum Gasteiger partial charge on any atom is 0.264 e. The number of aromatic nitrogens is 1. The lowest BCUT2D eigenvalue weighted by Gasteiger charge is -2.09. The monoisotopic (exact) mass is 385 g/mol. The summed E-state index contributed by atoms with van der Waals surface area (Å²) in [6.45, 7) is 1.10. The number of benzene rings is 2. The Hall–Kier alpha value is -3.46. The van der Waals surface area contributed by atoms with E-state index in [0.717, 1.165) is 6.92 Å². The second-order valence-corrected chi connectivity index (χ2v) is 7.42. The minimum atomic E-state index is -3.95. The average molecular weight is 385 g/mol. The first-order valence-corrected chi connectivity index (χ1v) is 9.31. The summed E-state index contributed by atoms with van der Waals surface area (Å²) >= 11 is 0. The SMILES string of the molecule is CC(=O)NS(=O)(=O)c1ccc(NC(=O)c2cc(=O)[nH]c3ccccc23)cc1. The Morgan fingerprint density at radius 2 is 1.67 bits per heavy atom. The lowest BCUT2D eigenvalue weighted by atomic mass is 10.1. The zero-order chi connectivity index (χ0) is 19.6. The van der Waals surface area contributed by atoms with Gasteiger partial charge < -0.3 is 10.3 Å². The predicted molar refractivity (Wildman–Crippen MR) is 100.0 cm³/mol. The number of para-hydroxylation sites is 1. The maximum absolute atomic E-state index is 12.6. The molecule has 0 unspecified atom stereocenters. The number of nitrogens with one attached hydrogen (secondary N) is 3. The highest BCUT2D eigenvalue weighted by molar-refractivity contribution is 7.90. The van der Waals surface area contributed by atoms with Crippen LogP contribution >= 0.6 is 0 Å². The van der Waals surface area contributed by atoms with Gasteiger partial charge in [0.15, 0.2) is 0 Å². The molecule has 3 aromatic rings. The summed E-state index contributed by atoms with van der Waals surface area (Å²) in [5, 5.41) is 3.21. The fourth-order valence-corrected chi connectivity index (χ4v) is 3.55. The van der Waals surface area contributed by atoms with E-state index in [9.17, 15) is 22.8 Å². The first kappa shape index (κ1) is 18.3. The number of hydrogen-bond acceptors (Lipinski definition) is 5. The molecule has 138 valence electrons. The average Bonchev–Trinajstić information content (AvgIpc) is 2.60. The van der Waals surface area contributed by atoms with Crippen LogP contribution in [-0.4, -0.2) is 25.2 Å². The zero-order valence-electron chi connectivity index (χ0n) is 14.1. The highest BCUT2D eigenvalue weighted by atomic mass is 32.2. The van der Waals surface area contributed by atoms with Gasteiger partial charge in [0.1, 0.15) is 0 Å². The maximum atomic E-state index is 12.6. The molecular formula is C18H15N3O5S. The number of amides is 2. The fraction of sp³-hybridized carbons (Fsp3) is 0.0556. The highest BCUT2D eigenvalue weighted by Crippen LogP contribution is 2.18. The molecule has 0 saturated heterocycles. The summed E-state index contributed by atoms with van der Waals surface area (Å²) in [5.74, 6) is -1.21. The normalized spacial score (nSPS) is 11.1. The molecule has 0 radical (unpaired) electrons. The zero-order valence-corrected chi connectivity index (χ0v) is 15.0. The number of aromatic amines is 1. The van der Waals surface area contributed by atoms with Crippen LogP contribution in [0.1, 0.15) is 17.3 Å².